The molecule has 12 nitrogen and oxygen atoms in total. The number of imide groups is 1. The van der Waals surface area contributed by atoms with Crippen molar-refractivity contribution in [2.75, 3.05) is 24.2 Å². The number of non-ortho nitro benzene ring substituents is 1. The minimum Gasteiger partial charge on any atom is -0.493 e. The highest BCUT2D eigenvalue weighted by molar-refractivity contribution is 6.16. The fourth-order valence-electron chi connectivity index (χ4n) is 3.66. The summed E-state index contributed by atoms with van der Waals surface area (Å²) in [5.74, 6) is -0.849. The van der Waals surface area contributed by atoms with Crippen LogP contribution >= 0.6 is 0 Å². The Morgan fingerprint density at radius 3 is 2.25 bits per heavy atom. The molecule has 4 rings (SSSR count). The van der Waals surface area contributed by atoms with Crippen molar-refractivity contribution in [3.63, 3.8) is 0 Å². The van der Waals surface area contributed by atoms with Gasteiger partial charge in [-0.3, -0.25) is 14.9 Å². The fourth-order valence-corrected chi connectivity index (χ4v) is 3.66. The van der Waals surface area contributed by atoms with Gasteiger partial charge in [-0.25, -0.2) is 23.2 Å². The van der Waals surface area contributed by atoms with Crippen LogP contribution in [0.1, 0.15) is 0 Å². The molecule has 2 heterocycles. The van der Waals surface area contributed by atoms with Gasteiger partial charge in [-0.05, 0) is 36.4 Å². The number of carbonyl (C=O) groups is 2. The molecule has 1 saturated heterocycles. The molecule has 1 atom stereocenters. The monoisotopic (exact) mass is 439 g/mol. The number of nitro benzene ring substituents is 1. The molecular formula is C20H19N6O6+. The number of rotatable bonds is 5. The number of hydrogen-bond acceptors (Lipinski definition) is 7. The molecule has 0 bridgehead atoms. The van der Waals surface area contributed by atoms with Crippen molar-refractivity contribution < 1.29 is 24.1 Å². The van der Waals surface area contributed by atoms with E-state index in [4.69, 9.17) is 5.73 Å². The lowest BCUT2D eigenvalue weighted by Gasteiger charge is -2.24. The summed E-state index contributed by atoms with van der Waals surface area (Å²) in [4.78, 5) is 49.9. The molecule has 3 N–H and O–H groups in total. The minimum absolute atomic E-state index is 0.164. The number of imidazole rings is 1. The number of nitrogens with zero attached hydrogens (tertiary/aromatic N) is 5. The molecular weight excluding hydrogens is 420 g/mol. The van der Waals surface area contributed by atoms with Crippen molar-refractivity contribution in [1.29, 1.82) is 0 Å². The number of likely N-dealkylation sites (N-methyl/N-ethyl adjacent to an activating group) is 1. The number of benzene rings is 2. The first kappa shape index (κ1) is 20.8. The highest BCUT2D eigenvalue weighted by Gasteiger charge is 2.50. The van der Waals surface area contributed by atoms with Gasteiger partial charge in [0.1, 0.15) is 0 Å². The van der Waals surface area contributed by atoms with Crippen molar-refractivity contribution in [2.24, 2.45) is 0 Å². The number of amides is 3. The molecule has 1 unspecified atom stereocenters. The number of nitrogen functional groups attached to an aromatic ring is 1. The van der Waals surface area contributed by atoms with E-state index >= 15 is 0 Å². The van der Waals surface area contributed by atoms with E-state index in [2.05, 4.69) is 0 Å². The third-order valence-corrected chi connectivity index (χ3v) is 5.26. The zero-order valence-corrected chi connectivity index (χ0v) is 16.9. The number of hydrogen-bond donors (Lipinski definition) is 2. The van der Waals surface area contributed by atoms with E-state index < -0.39 is 32.9 Å². The van der Waals surface area contributed by atoms with Crippen molar-refractivity contribution in [1.82, 2.24) is 9.13 Å². The normalized spacial score (nSPS) is 18.3. The molecule has 0 radical (unpaired) electrons. The van der Waals surface area contributed by atoms with E-state index in [0.29, 0.717) is 11.4 Å². The first-order valence-electron chi connectivity index (χ1n) is 9.44. The Morgan fingerprint density at radius 1 is 1.06 bits per heavy atom. The molecule has 2 aromatic carbocycles. The molecule has 1 aliphatic rings. The van der Waals surface area contributed by atoms with Crippen LogP contribution in [0.25, 0.3) is 5.69 Å². The second-order valence-corrected chi connectivity index (χ2v) is 7.65. The van der Waals surface area contributed by atoms with Crippen molar-refractivity contribution in [2.45, 2.75) is 6.67 Å². The molecule has 32 heavy (non-hydrogen) atoms. The number of urea groups is 1. The zero-order chi connectivity index (χ0) is 23.2. The van der Waals surface area contributed by atoms with E-state index in [9.17, 15) is 29.6 Å². The van der Waals surface area contributed by atoms with Gasteiger partial charge in [0, 0.05) is 17.8 Å². The van der Waals surface area contributed by atoms with Crippen LogP contribution in [0.15, 0.2) is 59.5 Å². The molecule has 3 aromatic rings. The van der Waals surface area contributed by atoms with Crippen molar-refractivity contribution in [3.8, 4) is 11.6 Å². The highest BCUT2D eigenvalue weighted by Crippen LogP contribution is 2.27. The van der Waals surface area contributed by atoms with E-state index in [1.165, 1.54) is 31.3 Å². The Balaban J connectivity index is 1.64. The van der Waals surface area contributed by atoms with Crippen LogP contribution in [-0.4, -0.2) is 49.2 Å². The quantitative estimate of drug-likeness (QED) is 0.200. The van der Waals surface area contributed by atoms with Gasteiger partial charge in [-0.1, -0.05) is 0 Å². The van der Waals surface area contributed by atoms with E-state index in [1.807, 2.05) is 0 Å². The standard InChI is InChI=1S/C20H18N6O6/c1-26(11-18(28)24(20(26)30)15-4-2-13(21)3-5-15)12-22-10-17(27)23(19(22)29)14-6-8-16(9-7-14)25(31)32/h2-10H,11-12,21H2,1H3/p+1. The third-order valence-electron chi connectivity index (χ3n) is 5.26. The van der Waals surface area contributed by atoms with Gasteiger partial charge in [0.15, 0.2) is 13.2 Å². The second-order valence-electron chi connectivity index (χ2n) is 7.65. The third kappa shape index (κ3) is 3.37. The lowest BCUT2D eigenvalue weighted by atomic mass is 10.2. The molecule has 12 heteroatoms. The van der Waals surface area contributed by atoms with Crippen molar-refractivity contribution in [3.05, 3.63) is 75.3 Å². The summed E-state index contributed by atoms with van der Waals surface area (Å²) >= 11 is 0. The molecule has 0 saturated carbocycles. The number of nitrogens with two attached hydrogens (primary N) is 1. The van der Waals surface area contributed by atoms with Crippen LogP contribution in [0.5, 0.6) is 5.88 Å². The summed E-state index contributed by atoms with van der Waals surface area (Å²) in [5, 5.41) is 21.1. The summed E-state index contributed by atoms with van der Waals surface area (Å²) in [6.07, 6.45) is 1.15. The molecule has 0 aliphatic carbocycles. The number of nitro groups is 1. The second kappa shape index (κ2) is 7.35. The Bertz CT molecular complexity index is 1290. The average Bonchev–Trinajstić information content (AvgIpc) is 3.14. The van der Waals surface area contributed by atoms with Gasteiger partial charge in [-0.2, -0.15) is 4.90 Å². The van der Waals surface area contributed by atoms with Gasteiger partial charge in [0.25, 0.3) is 11.6 Å². The minimum atomic E-state index is -0.665. The maximum absolute atomic E-state index is 13.1. The van der Waals surface area contributed by atoms with Gasteiger partial charge >= 0.3 is 11.7 Å². The number of aromatic nitrogens is 2. The van der Waals surface area contributed by atoms with Crippen LogP contribution in [0.4, 0.5) is 21.9 Å². The van der Waals surface area contributed by atoms with Crippen molar-refractivity contribution >= 4 is 29.0 Å². The smallest absolute Gasteiger partial charge is 0.432 e. The average molecular weight is 439 g/mol. The lowest BCUT2D eigenvalue weighted by molar-refractivity contribution is -0.839. The molecule has 0 spiro atoms. The van der Waals surface area contributed by atoms with Crippen LogP contribution in [0, 0.1) is 10.1 Å². The molecule has 164 valence electrons. The Morgan fingerprint density at radius 2 is 1.66 bits per heavy atom. The lowest BCUT2D eigenvalue weighted by Crippen LogP contribution is -2.50. The van der Waals surface area contributed by atoms with Gasteiger partial charge in [0.05, 0.1) is 29.5 Å². The predicted octanol–water partition coefficient (Wildman–Crippen LogP) is 1.41. The Labute approximate surface area is 180 Å². The first-order chi connectivity index (χ1) is 15.1. The van der Waals surface area contributed by atoms with E-state index in [1.54, 1.807) is 24.3 Å². The highest BCUT2D eigenvalue weighted by atomic mass is 16.6. The maximum atomic E-state index is 13.1. The van der Waals surface area contributed by atoms with Gasteiger partial charge < -0.3 is 10.8 Å². The topological polar surface area (TPSA) is 154 Å². The first-order valence-corrected chi connectivity index (χ1v) is 9.44. The number of quaternary nitrogens is 1. The Hall–Kier alpha value is -4.45. The Kier molecular flexibility index (Phi) is 4.78. The SMILES string of the molecule is C[N+]1(Cn2cc(O)n(-c3ccc([N+](=O)[O-])cc3)c2=O)CC(=O)N(c2ccc(N)cc2)C1=O. The molecule has 1 fully saturated rings. The van der Waals surface area contributed by atoms with Crippen LogP contribution in [-0.2, 0) is 11.5 Å². The number of anilines is 2. The predicted molar refractivity (Wildman–Crippen MR) is 113 cm³/mol. The summed E-state index contributed by atoms with van der Waals surface area (Å²) in [6.45, 7) is -0.387. The van der Waals surface area contributed by atoms with Crippen LogP contribution < -0.4 is 16.3 Å². The van der Waals surface area contributed by atoms with E-state index in [-0.39, 0.29) is 24.6 Å². The number of aromatic hydroxyl groups is 1. The molecule has 1 aliphatic heterocycles. The van der Waals surface area contributed by atoms with Crippen LogP contribution in [0.2, 0.25) is 0 Å². The molecule has 1 aromatic heterocycles. The zero-order valence-electron chi connectivity index (χ0n) is 16.9. The largest absolute Gasteiger partial charge is 0.493 e. The summed E-state index contributed by atoms with van der Waals surface area (Å²) < 4.78 is 1.65. The van der Waals surface area contributed by atoms with Crippen LogP contribution in [0.3, 0.4) is 0 Å². The van der Waals surface area contributed by atoms with Gasteiger partial charge in [0.2, 0.25) is 5.88 Å². The van der Waals surface area contributed by atoms with Gasteiger partial charge in [-0.15, -0.1) is 0 Å². The fraction of sp³-hybridized carbons (Fsp3) is 0.150. The summed E-state index contributed by atoms with van der Waals surface area (Å²) in [7, 11) is 1.52. The maximum Gasteiger partial charge on any atom is 0.432 e. The summed E-state index contributed by atoms with van der Waals surface area (Å²) in [6, 6.07) is 10.8. The number of carbonyl (C=O) groups excluding carboxylic acids is 2. The van der Waals surface area contributed by atoms with E-state index in [0.717, 1.165) is 20.2 Å². The molecule has 3 amide bonds. The summed E-state index contributed by atoms with van der Waals surface area (Å²) in [5.41, 5.74) is 5.91.